The van der Waals surface area contributed by atoms with Crippen LogP contribution in [0.25, 0.3) is 0 Å². The number of pyridine rings is 1. The molecule has 0 bridgehead atoms. The highest BCUT2D eigenvalue weighted by molar-refractivity contribution is 7.99. The van der Waals surface area contributed by atoms with Crippen molar-refractivity contribution in [1.82, 2.24) is 4.98 Å². The molecule has 0 aliphatic rings. The van der Waals surface area contributed by atoms with E-state index in [4.69, 9.17) is 10.5 Å². The number of nitriles is 2. The second-order valence-electron chi connectivity index (χ2n) is 2.82. The monoisotopic (exact) mass is 203 g/mol. The molecule has 1 rings (SSSR count). The second-order valence-corrected chi connectivity index (χ2v) is 3.78. The van der Waals surface area contributed by atoms with Crippen LogP contribution in [0.1, 0.15) is 16.8 Å². The fraction of sp³-hybridized carbons (Fsp3) is 0.300. The summed E-state index contributed by atoms with van der Waals surface area (Å²) >= 11 is 1.31. The summed E-state index contributed by atoms with van der Waals surface area (Å²) < 4.78 is 0. The van der Waals surface area contributed by atoms with E-state index < -0.39 is 0 Å². The maximum Gasteiger partial charge on any atom is 0.115 e. The molecule has 3 nitrogen and oxygen atoms in total. The first-order valence-corrected chi connectivity index (χ1v) is 5.05. The summed E-state index contributed by atoms with van der Waals surface area (Å²) in [6.07, 6.45) is 0. The Morgan fingerprint density at radius 3 is 2.71 bits per heavy atom. The van der Waals surface area contributed by atoms with Crippen LogP contribution >= 0.6 is 11.8 Å². The Kier molecular flexibility index (Phi) is 3.50. The predicted molar refractivity (Wildman–Crippen MR) is 54.8 cm³/mol. The molecule has 14 heavy (non-hydrogen) atoms. The molecular weight excluding hydrogens is 194 g/mol. The number of hydrogen-bond acceptors (Lipinski definition) is 4. The molecule has 0 aromatic carbocycles. The summed E-state index contributed by atoms with van der Waals surface area (Å²) in [6, 6.07) is 6.00. The van der Waals surface area contributed by atoms with Crippen molar-refractivity contribution >= 4 is 11.8 Å². The van der Waals surface area contributed by atoms with E-state index in [0.29, 0.717) is 16.3 Å². The Morgan fingerprint density at radius 1 is 1.43 bits per heavy atom. The van der Waals surface area contributed by atoms with Crippen LogP contribution in [0.2, 0.25) is 0 Å². The molecule has 1 aromatic heterocycles. The maximum absolute atomic E-state index is 8.90. The molecule has 0 radical (unpaired) electrons. The van der Waals surface area contributed by atoms with Gasteiger partial charge < -0.3 is 0 Å². The molecular formula is C10H9N3S. The average molecular weight is 203 g/mol. The highest BCUT2D eigenvalue weighted by Gasteiger charge is 2.08. The molecule has 1 aromatic rings. The normalized spacial score (nSPS) is 9.14. The van der Waals surface area contributed by atoms with E-state index in [0.717, 1.165) is 11.3 Å². The van der Waals surface area contributed by atoms with Gasteiger partial charge in [-0.15, -0.1) is 0 Å². The van der Waals surface area contributed by atoms with Gasteiger partial charge in [0.2, 0.25) is 0 Å². The van der Waals surface area contributed by atoms with E-state index in [9.17, 15) is 0 Å². The highest BCUT2D eigenvalue weighted by Crippen LogP contribution is 2.22. The number of nitrogens with zero attached hydrogens (tertiary/aromatic N) is 3. The van der Waals surface area contributed by atoms with Gasteiger partial charge in [-0.2, -0.15) is 10.5 Å². The van der Waals surface area contributed by atoms with Crippen molar-refractivity contribution in [1.29, 1.82) is 10.5 Å². The number of aromatic nitrogens is 1. The molecule has 4 heteroatoms. The molecule has 0 aliphatic heterocycles. The Hall–Kier alpha value is -1.52. The zero-order valence-corrected chi connectivity index (χ0v) is 8.85. The van der Waals surface area contributed by atoms with Crippen LogP contribution in [0.3, 0.4) is 0 Å². The minimum atomic E-state index is 0.324. The summed E-state index contributed by atoms with van der Waals surface area (Å²) in [4.78, 5) is 4.23. The average Bonchev–Trinajstić information content (AvgIpc) is 2.14. The zero-order chi connectivity index (χ0) is 10.6. The molecule has 0 saturated heterocycles. The summed E-state index contributed by atoms with van der Waals surface area (Å²) in [5, 5.41) is 18.0. The molecule has 70 valence electrons. The van der Waals surface area contributed by atoms with Crippen LogP contribution in [0.15, 0.2) is 11.1 Å². The van der Waals surface area contributed by atoms with Gasteiger partial charge in [0.05, 0.1) is 17.4 Å². The standard InChI is InChI=1S/C10H9N3S/c1-7-5-8(2)13-10(9(7)6-12)14-4-3-11/h5H,4H2,1-2H3. The third-order valence-electron chi connectivity index (χ3n) is 1.70. The summed E-state index contributed by atoms with van der Waals surface area (Å²) in [5.41, 5.74) is 2.37. The first-order chi connectivity index (χ1) is 6.69. The van der Waals surface area contributed by atoms with Gasteiger partial charge in [0, 0.05) is 5.69 Å². The van der Waals surface area contributed by atoms with E-state index in [1.165, 1.54) is 11.8 Å². The van der Waals surface area contributed by atoms with Crippen LogP contribution in [-0.4, -0.2) is 10.7 Å². The molecule has 0 N–H and O–H groups in total. The Morgan fingerprint density at radius 2 is 2.14 bits per heavy atom. The van der Waals surface area contributed by atoms with E-state index >= 15 is 0 Å². The van der Waals surface area contributed by atoms with Crippen LogP contribution in [0.5, 0.6) is 0 Å². The van der Waals surface area contributed by atoms with Crippen molar-refractivity contribution in [3.05, 3.63) is 22.9 Å². The van der Waals surface area contributed by atoms with Crippen molar-refractivity contribution in [2.75, 3.05) is 5.75 Å². The quantitative estimate of drug-likeness (QED) is 0.691. The Labute approximate surface area is 87.4 Å². The van der Waals surface area contributed by atoms with E-state index in [1.807, 2.05) is 26.0 Å². The van der Waals surface area contributed by atoms with Gasteiger partial charge in [-0.3, -0.25) is 0 Å². The van der Waals surface area contributed by atoms with Crippen molar-refractivity contribution < 1.29 is 0 Å². The van der Waals surface area contributed by atoms with Crippen LogP contribution < -0.4 is 0 Å². The number of thioether (sulfide) groups is 1. The lowest BCUT2D eigenvalue weighted by Crippen LogP contribution is -1.94. The van der Waals surface area contributed by atoms with E-state index in [-0.39, 0.29) is 0 Å². The summed E-state index contributed by atoms with van der Waals surface area (Å²) in [5.74, 6) is 0.324. The highest BCUT2D eigenvalue weighted by atomic mass is 32.2. The van der Waals surface area contributed by atoms with Crippen molar-refractivity contribution in [2.24, 2.45) is 0 Å². The molecule has 0 atom stereocenters. The number of hydrogen-bond donors (Lipinski definition) is 0. The first-order valence-electron chi connectivity index (χ1n) is 4.07. The molecule has 0 saturated carbocycles. The number of aryl methyl sites for hydroxylation is 2. The van der Waals surface area contributed by atoms with Gasteiger partial charge in [-0.25, -0.2) is 4.98 Å². The van der Waals surface area contributed by atoms with Crippen LogP contribution in [-0.2, 0) is 0 Å². The molecule has 0 unspecified atom stereocenters. The third-order valence-corrected chi connectivity index (χ3v) is 2.54. The van der Waals surface area contributed by atoms with Crippen LogP contribution in [0.4, 0.5) is 0 Å². The van der Waals surface area contributed by atoms with Crippen molar-refractivity contribution in [3.63, 3.8) is 0 Å². The predicted octanol–water partition coefficient (Wildman–Crippen LogP) is 2.19. The first kappa shape index (κ1) is 10.6. The molecule has 1 heterocycles. The number of rotatable bonds is 2. The lowest BCUT2D eigenvalue weighted by molar-refractivity contribution is 1.03. The van der Waals surface area contributed by atoms with Crippen molar-refractivity contribution in [3.8, 4) is 12.1 Å². The third kappa shape index (κ3) is 2.25. The fourth-order valence-corrected chi connectivity index (χ4v) is 1.90. The van der Waals surface area contributed by atoms with Crippen LogP contribution in [0, 0.1) is 36.5 Å². The van der Waals surface area contributed by atoms with Gasteiger partial charge in [0.1, 0.15) is 11.1 Å². The topological polar surface area (TPSA) is 60.5 Å². The maximum atomic E-state index is 8.90. The fourth-order valence-electron chi connectivity index (χ4n) is 1.14. The van der Waals surface area contributed by atoms with Gasteiger partial charge in [0.25, 0.3) is 0 Å². The van der Waals surface area contributed by atoms with Gasteiger partial charge in [-0.1, -0.05) is 11.8 Å². The Balaban J connectivity index is 3.14. The molecule has 0 spiro atoms. The van der Waals surface area contributed by atoms with Crippen molar-refractivity contribution in [2.45, 2.75) is 18.9 Å². The van der Waals surface area contributed by atoms with Gasteiger partial charge >= 0.3 is 0 Å². The smallest absolute Gasteiger partial charge is 0.115 e. The van der Waals surface area contributed by atoms with Gasteiger partial charge in [-0.05, 0) is 25.5 Å². The summed E-state index contributed by atoms with van der Waals surface area (Å²) in [6.45, 7) is 3.76. The minimum Gasteiger partial charge on any atom is -0.245 e. The van der Waals surface area contributed by atoms with E-state index in [1.54, 1.807) is 0 Å². The second kappa shape index (κ2) is 4.64. The molecule has 0 fully saturated rings. The van der Waals surface area contributed by atoms with E-state index in [2.05, 4.69) is 11.1 Å². The lowest BCUT2D eigenvalue weighted by atomic mass is 10.1. The minimum absolute atomic E-state index is 0.324. The van der Waals surface area contributed by atoms with Gasteiger partial charge in [0.15, 0.2) is 0 Å². The lowest BCUT2D eigenvalue weighted by Gasteiger charge is -2.04. The summed E-state index contributed by atoms with van der Waals surface area (Å²) in [7, 11) is 0. The molecule has 0 aliphatic carbocycles. The Bertz CT molecular complexity index is 426. The molecule has 0 amide bonds. The SMILES string of the molecule is Cc1cc(C)c(C#N)c(SCC#N)n1. The largest absolute Gasteiger partial charge is 0.245 e. The zero-order valence-electron chi connectivity index (χ0n) is 8.03.